The van der Waals surface area contributed by atoms with Crippen LogP contribution in [-0.4, -0.2) is 41.4 Å². The molecule has 0 bridgehead atoms. The Kier molecular flexibility index (Phi) is 4.70. The van der Waals surface area contributed by atoms with Crippen LogP contribution in [0.1, 0.15) is 26.3 Å². The second kappa shape index (κ2) is 6.40. The highest BCUT2D eigenvalue weighted by Gasteiger charge is 2.59. The zero-order valence-corrected chi connectivity index (χ0v) is 13.5. The Hall–Kier alpha value is -2.74. The van der Waals surface area contributed by atoms with Gasteiger partial charge in [-0.1, -0.05) is 18.2 Å². The van der Waals surface area contributed by atoms with Crippen molar-refractivity contribution in [3.05, 3.63) is 29.8 Å². The van der Waals surface area contributed by atoms with Crippen molar-refractivity contribution in [1.82, 2.24) is 5.32 Å². The number of fused-ring (bicyclic) bond motifs is 1. The number of aliphatic hydroxyl groups is 1. The number of anilines is 1. The first kappa shape index (κ1) is 17.6. The summed E-state index contributed by atoms with van der Waals surface area (Å²) in [5, 5.41) is 13.3. The number of ether oxygens (including phenoxy) is 1. The summed E-state index contributed by atoms with van der Waals surface area (Å²) in [6, 6.07) is 4.36. The molecule has 8 heteroatoms. The lowest BCUT2D eigenvalue weighted by Crippen LogP contribution is -2.60. The highest BCUT2D eigenvalue weighted by Crippen LogP contribution is 2.42. The van der Waals surface area contributed by atoms with Gasteiger partial charge in [-0.3, -0.25) is 14.4 Å². The van der Waals surface area contributed by atoms with Gasteiger partial charge in [0.2, 0.25) is 17.4 Å². The van der Waals surface area contributed by atoms with Gasteiger partial charge < -0.3 is 15.2 Å². The number of imide groups is 1. The van der Waals surface area contributed by atoms with Gasteiger partial charge in [-0.25, -0.2) is 9.69 Å². The molecule has 3 amide bonds. The molecule has 0 saturated carbocycles. The van der Waals surface area contributed by atoms with Crippen LogP contribution in [0.15, 0.2) is 24.3 Å². The first-order valence-electron chi connectivity index (χ1n) is 7.35. The summed E-state index contributed by atoms with van der Waals surface area (Å²) in [7, 11) is 0. The van der Waals surface area contributed by atoms with E-state index in [9.17, 15) is 24.3 Å². The Balaban J connectivity index is 2.63. The molecule has 2 rings (SSSR count). The largest absolute Gasteiger partial charge is 0.464 e. The van der Waals surface area contributed by atoms with Gasteiger partial charge in [0.15, 0.2) is 6.04 Å². The monoisotopic (exact) mass is 334 g/mol. The Morgan fingerprint density at radius 1 is 1.29 bits per heavy atom. The maximum atomic E-state index is 12.8. The predicted octanol–water partition coefficient (Wildman–Crippen LogP) is -0.165. The van der Waals surface area contributed by atoms with E-state index in [1.54, 1.807) is 19.1 Å². The van der Waals surface area contributed by atoms with Crippen molar-refractivity contribution < 1.29 is 29.0 Å². The highest BCUT2D eigenvalue weighted by molar-refractivity contribution is 6.23. The summed E-state index contributed by atoms with van der Waals surface area (Å²) in [5.74, 6) is -3.23. The van der Waals surface area contributed by atoms with Crippen LogP contribution in [0.5, 0.6) is 0 Å². The van der Waals surface area contributed by atoms with Crippen molar-refractivity contribution in [2.24, 2.45) is 0 Å². The molecule has 1 aromatic rings. The van der Waals surface area contributed by atoms with E-state index in [4.69, 9.17) is 4.74 Å². The van der Waals surface area contributed by atoms with E-state index in [1.165, 1.54) is 12.1 Å². The van der Waals surface area contributed by atoms with Crippen LogP contribution in [0.25, 0.3) is 0 Å². The summed E-state index contributed by atoms with van der Waals surface area (Å²) >= 11 is 0. The standard InChI is InChI=1S/C16H18N2O6/c1-4-24-14(21)13(17-9(2)19)16(23)11-7-5-6-8-12(11)18(10(3)20)15(16)22/h5-8,13,23H,4H2,1-3H3,(H,17,19). The number of nitrogens with one attached hydrogen (secondary N) is 1. The Morgan fingerprint density at radius 2 is 1.92 bits per heavy atom. The third-order valence-corrected chi connectivity index (χ3v) is 3.69. The third-order valence-electron chi connectivity index (χ3n) is 3.69. The minimum atomic E-state index is -2.43. The number of para-hydroxylation sites is 1. The van der Waals surface area contributed by atoms with Crippen molar-refractivity contribution in [2.75, 3.05) is 11.5 Å². The number of hydrogen-bond acceptors (Lipinski definition) is 6. The lowest BCUT2D eigenvalue weighted by atomic mass is 9.87. The van der Waals surface area contributed by atoms with Gasteiger partial charge in [0.1, 0.15) is 0 Å². The number of benzene rings is 1. The second-order valence-electron chi connectivity index (χ2n) is 5.33. The van der Waals surface area contributed by atoms with Crippen LogP contribution in [0.3, 0.4) is 0 Å². The first-order chi connectivity index (χ1) is 11.2. The maximum absolute atomic E-state index is 12.8. The van der Waals surface area contributed by atoms with E-state index < -0.39 is 35.3 Å². The van der Waals surface area contributed by atoms with Crippen LogP contribution < -0.4 is 10.2 Å². The molecule has 0 spiro atoms. The molecule has 2 unspecified atom stereocenters. The molecule has 0 radical (unpaired) electrons. The quantitative estimate of drug-likeness (QED) is 0.740. The van der Waals surface area contributed by atoms with E-state index in [1.807, 2.05) is 0 Å². The zero-order chi connectivity index (χ0) is 18.1. The Bertz CT molecular complexity index is 716. The van der Waals surface area contributed by atoms with Gasteiger partial charge in [0.25, 0.3) is 5.91 Å². The van der Waals surface area contributed by atoms with E-state index in [-0.39, 0.29) is 17.9 Å². The fourth-order valence-electron chi connectivity index (χ4n) is 2.74. The molecule has 1 aromatic carbocycles. The average Bonchev–Trinajstić information content (AvgIpc) is 2.74. The number of amides is 3. The molecule has 2 N–H and O–H groups in total. The summed E-state index contributed by atoms with van der Waals surface area (Å²) < 4.78 is 4.87. The molecule has 1 aliphatic rings. The van der Waals surface area contributed by atoms with E-state index in [0.29, 0.717) is 0 Å². The maximum Gasteiger partial charge on any atom is 0.332 e. The number of carbonyl (C=O) groups is 4. The van der Waals surface area contributed by atoms with Crippen molar-refractivity contribution in [2.45, 2.75) is 32.4 Å². The summed E-state index contributed by atoms with van der Waals surface area (Å²) in [4.78, 5) is 49.1. The fourth-order valence-corrected chi connectivity index (χ4v) is 2.74. The van der Waals surface area contributed by atoms with Gasteiger partial charge in [-0.05, 0) is 13.0 Å². The van der Waals surface area contributed by atoms with Crippen LogP contribution in [0.4, 0.5) is 5.69 Å². The van der Waals surface area contributed by atoms with Gasteiger partial charge in [-0.15, -0.1) is 0 Å². The molecule has 0 saturated heterocycles. The second-order valence-corrected chi connectivity index (χ2v) is 5.33. The third kappa shape index (κ3) is 2.65. The number of esters is 1. The minimum absolute atomic E-state index is 0.00272. The molecule has 128 valence electrons. The molecule has 1 aliphatic heterocycles. The molecule has 0 fully saturated rings. The van der Waals surface area contributed by atoms with Crippen molar-refractivity contribution in [3.8, 4) is 0 Å². The zero-order valence-electron chi connectivity index (χ0n) is 13.5. The Morgan fingerprint density at radius 3 is 2.46 bits per heavy atom. The molecular weight excluding hydrogens is 316 g/mol. The van der Waals surface area contributed by atoms with Crippen LogP contribution in [0, 0.1) is 0 Å². The summed E-state index contributed by atoms with van der Waals surface area (Å²) in [6.07, 6.45) is 0. The van der Waals surface area contributed by atoms with Crippen molar-refractivity contribution in [3.63, 3.8) is 0 Å². The predicted molar refractivity (Wildman–Crippen MR) is 82.7 cm³/mol. The van der Waals surface area contributed by atoms with Crippen molar-refractivity contribution >= 4 is 29.4 Å². The minimum Gasteiger partial charge on any atom is -0.464 e. The van der Waals surface area contributed by atoms with Gasteiger partial charge >= 0.3 is 5.97 Å². The van der Waals surface area contributed by atoms with Crippen molar-refractivity contribution in [1.29, 1.82) is 0 Å². The number of hydrogen-bond donors (Lipinski definition) is 2. The van der Waals surface area contributed by atoms with Gasteiger partial charge in [0.05, 0.1) is 12.3 Å². The molecule has 0 aromatic heterocycles. The van der Waals surface area contributed by atoms with Crippen LogP contribution in [0.2, 0.25) is 0 Å². The molecule has 8 nitrogen and oxygen atoms in total. The normalized spacial score (nSPS) is 20.3. The van der Waals surface area contributed by atoms with E-state index in [2.05, 4.69) is 5.32 Å². The highest BCUT2D eigenvalue weighted by atomic mass is 16.5. The fraction of sp³-hybridized carbons (Fsp3) is 0.375. The molecular formula is C16H18N2O6. The van der Waals surface area contributed by atoms with Crippen LogP contribution in [-0.2, 0) is 29.5 Å². The van der Waals surface area contributed by atoms with Gasteiger partial charge in [0, 0.05) is 19.4 Å². The number of carbonyl (C=O) groups excluding carboxylic acids is 4. The summed E-state index contributed by atoms with van der Waals surface area (Å²) in [5.41, 5.74) is -2.21. The molecule has 24 heavy (non-hydrogen) atoms. The SMILES string of the molecule is CCOC(=O)C(NC(C)=O)C1(O)C(=O)N(C(C)=O)c2ccccc21. The topological polar surface area (TPSA) is 113 Å². The first-order valence-corrected chi connectivity index (χ1v) is 7.35. The van der Waals surface area contributed by atoms with E-state index >= 15 is 0 Å². The summed E-state index contributed by atoms with van der Waals surface area (Å²) in [6.45, 7) is 3.86. The molecule has 1 heterocycles. The lowest BCUT2D eigenvalue weighted by Gasteiger charge is -2.30. The Labute approximate surface area is 138 Å². The lowest BCUT2D eigenvalue weighted by molar-refractivity contribution is -0.162. The average molecular weight is 334 g/mol. The van der Waals surface area contributed by atoms with Gasteiger partial charge in [-0.2, -0.15) is 0 Å². The van der Waals surface area contributed by atoms with Crippen LogP contribution >= 0.6 is 0 Å². The smallest absolute Gasteiger partial charge is 0.332 e. The molecule has 2 atom stereocenters. The number of rotatable bonds is 4. The number of nitrogens with zero attached hydrogens (tertiary/aromatic N) is 1. The van der Waals surface area contributed by atoms with E-state index in [0.717, 1.165) is 18.7 Å². The molecule has 0 aliphatic carbocycles.